The molecule has 108 valence electrons. The maximum atomic E-state index is 11.3. The molecule has 0 bridgehead atoms. The van der Waals surface area contributed by atoms with Gasteiger partial charge in [0.05, 0.1) is 0 Å². The molecule has 3 nitrogen and oxygen atoms in total. The van der Waals surface area contributed by atoms with Gasteiger partial charge >= 0.3 is 0 Å². The van der Waals surface area contributed by atoms with Crippen LogP contribution < -0.4 is 10.6 Å². The quantitative estimate of drug-likeness (QED) is 0.770. The number of halogens is 2. The Kier molecular flexibility index (Phi) is 4.31. The van der Waals surface area contributed by atoms with E-state index in [1.807, 2.05) is 18.2 Å². The highest BCUT2D eigenvalue weighted by molar-refractivity contribution is 9.13. The minimum atomic E-state index is 0.0999. The van der Waals surface area contributed by atoms with E-state index < -0.39 is 0 Å². The van der Waals surface area contributed by atoms with Crippen LogP contribution in [0.2, 0.25) is 0 Å². The number of hydrogen-bond donors (Lipinski definition) is 2. The highest BCUT2D eigenvalue weighted by Gasteiger charge is 2.14. The van der Waals surface area contributed by atoms with Gasteiger partial charge in [-0.15, -0.1) is 0 Å². The van der Waals surface area contributed by atoms with E-state index >= 15 is 0 Å². The molecular formula is C16H14Br2N2O. The highest BCUT2D eigenvalue weighted by Crippen LogP contribution is 2.27. The maximum absolute atomic E-state index is 11.3. The number of aryl methyl sites for hydroxylation is 1. The lowest BCUT2D eigenvalue weighted by Crippen LogP contribution is -2.18. The van der Waals surface area contributed by atoms with Crippen molar-refractivity contribution in [3.63, 3.8) is 0 Å². The molecule has 0 spiro atoms. The zero-order valence-electron chi connectivity index (χ0n) is 11.2. The Labute approximate surface area is 140 Å². The van der Waals surface area contributed by atoms with Crippen molar-refractivity contribution in [1.82, 2.24) is 0 Å². The first-order valence-corrected chi connectivity index (χ1v) is 8.31. The van der Waals surface area contributed by atoms with Crippen molar-refractivity contribution in [2.75, 3.05) is 10.6 Å². The first kappa shape index (κ1) is 14.6. The minimum Gasteiger partial charge on any atom is -0.381 e. The predicted molar refractivity (Wildman–Crippen MR) is 92.6 cm³/mol. The predicted octanol–water partition coefficient (Wildman–Crippen LogP) is 4.71. The molecule has 1 aliphatic heterocycles. The standard InChI is InChI=1S/C16H14Br2N2O/c17-13-4-1-10(7-14(13)18)9-19-12-3-5-15-11(8-12)2-6-16(21)20-15/h1,3-5,7-8,19H,2,6,9H2,(H,20,21). The van der Waals surface area contributed by atoms with Gasteiger partial charge in [-0.2, -0.15) is 0 Å². The number of benzene rings is 2. The van der Waals surface area contributed by atoms with Gasteiger partial charge in [0.1, 0.15) is 0 Å². The second kappa shape index (κ2) is 6.20. The molecule has 2 aromatic carbocycles. The Morgan fingerprint density at radius 3 is 2.71 bits per heavy atom. The van der Waals surface area contributed by atoms with Crippen LogP contribution in [0.25, 0.3) is 0 Å². The third-order valence-electron chi connectivity index (χ3n) is 3.48. The van der Waals surface area contributed by atoms with Gasteiger partial charge < -0.3 is 10.6 Å². The SMILES string of the molecule is O=C1CCc2cc(NCc3ccc(Br)c(Br)c3)ccc2N1. The van der Waals surface area contributed by atoms with Crippen LogP contribution in [-0.2, 0) is 17.8 Å². The third kappa shape index (κ3) is 3.47. The summed E-state index contributed by atoms with van der Waals surface area (Å²) in [7, 11) is 0. The average Bonchev–Trinajstić information content (AvgIpc) is 2.48. The van der Waals surface area contributed by atoms with E-state index in [-0.39, 0.29) is 5.91 Å². The van der Waals surface area contributed by atoms with E-state index in [4.69, 9.17) is 0 Å². The lowest BCUT2D eigenvalue weighted by atomic mass is 10.0. The second-order valence-corrected chi connectivity index (χ2v) is 6.73. The molecule has 0 atom stereocenters. The summed E-state index contributed by atoms with van der Waals surface area (Å²) in [5, 5.41) is 6.32. The van der Waals surface area contributed by atoms with Gasteiger partial charge in [-0.3, -0.25) is 4.79 Å². The van der Waals surface area contributed by atoms with Crippen LogP contribution in [-0.4, -0.2) is 5.91 Å². The minimum absolute atomic E-state index is 0.0999. The number of carbonyl (C=O) groups excluding carboxylic acids is 1. The molecular weight excluding hydrogens is 396 g/mol. The summed E-state index contributed by atoms with van der Waals surface area (Å²) in [6.07, 6.45) is 1.37. The number of amides is 1. The Hall–Kier alpha value is -1.33. The first-order chi connectivity index (χ1) is 10.1. The van der Waals surface area contributed by atoms with E-state index in [0.29, 0.717) is 6.42 Å². The van der Waals surface area contributed by atoms with Crippen molar-refractivity contribution in [1.29, 1.82) is 0 Å². The summed E-state index contributed by atoms with van der Waals surface area (Å²) in [5.74, 6) is 0.0999. The summed E-state index contributed by atoms with van der Waals surface area (Å²) >= 11 is 6.98. The summed E-state index contributed by atoms with van der Waals surface area (Å²) < 4.78 is 2.10. The van der Waals surface area contributed by atoms with Crippen molar-refractivity contribution >= 4 is 49.1 Å². The Balaban J connectivity index is 1.71. The zero-order chi connectivity index (χ0) is 14.8. The fourth-order valence-corrected chi connectivity index (χ4v) is 3.02. The number of hydrogen-bond acceptors (Lipinski definition) is 2. The molecule has 0 fully saturated rings. The fraction of sp³-hybridized carbons (Fsp3) is 0.188. The highest BCUT2D eigenvalue weighted by atomic mass is 79.9. The van der Waals surface area contributed by atoms with E-state index in [2.05, 4.69) is 60.7 Å². The Bertz CT molecular complexity index is 701. The maximum Gasteiger partial charge on any atom is 0.224 e. The van der Waals surface area contributed by atoms with E-state index in [1.165, 1.54) is 11.1 Å². The van der Waals surface area contributed by atoms with Gasteiger partial charge in [0.15, 0.2) is 0 Å². The summed E-state index contributed by atoms with van der Waals surface area (Å²) in [6.45, 7) is 0.761. The number of fused-ring (bicyclic) bond motifs is 1. The number of rotatable bonds is 3. The summed E-state index contributed by atoms with van der Waals surface area (Å²) in [6, 6.07) is 12.3. The average molecular weight is 410 g/mol. The molecule has 1 aliphatic rings. The van der Waals surface area contributed by atoms with Crippen molar-refractivity contribution in [2.45, 2.75) is 19.4 Å². The molecule has 0 radical (unpaired) electrons. The van der Waals surface area contributed by atoms with Crippen LogP contribution in [0, 0.1) is 0 Å². The van der Waals surface area contributed by atoms with Crippen LogP contribution in [0.1, 0.15) is 17.5 Å². The van der Waals surface area contributed by atoms with Gasteiger partial charge in [0.25, 0.3) is 0 Å². The first-order valence-electron chi connectivity index (χ1n) is 6.72. The molecule has 3 rings (SSSR count). The van der Waals surface area contributed by atoms with Crippen molar-refractivity contribution in [3.8, 4) is 0 Å². The van der Waals surface area contributed by atoms with Crippen LogP contribution >= 0.6 is 31.9 Å². The van der Waals surface area contributed by atoms with E-state index in [0.717, 1.165) is 33.3 Å². The summed E-state index contributed by atoms with van der Waals surface area (Å²) in [5.41, 5.74) is 4.40. The Morgan fingerprint density at radius 2 is 1.90 bits per heavy atom. The molecule has 0 unspecified atom stereocenters. The van der Waals surface area contributed by atoms with Crippen molar-refractivity contribution < 1.29 is 4.79 Å². The van der Waals surface area contributed by atoms with Gasteiger partial charge in [-0.05, 0) is 79.7 Å². The molecule has 2 aromatic rings. The van der Waals surface area contributed by atoms with Crippen LogP contribution in [0.15, 0.2) is 45.3 Å². The van der Waals surface area contributed by atoms with Gasteiger partial charge in [-0.1, -0.05) is 6.07 Å². The summed E-state index contributed by atoms with van der Waals surface area (Å²) in [4.78, 5) is 11.3. The van der Waals surface area contributed by atoms with Gasteiger partial charge in [-0.25, -0.2) is 0 Å². The molecule has 5 heteroatoms. The largest absolute Gasteiger partial charge is 0.381 e. The topological polar surface area (TPSA) is 41.1 Å². The van der Waals surface area contributed by atoms with Crippen molar-refractivity contribution in [3.05, 3.63) is 56.5 Å². The van der Waals surface area contributed by atoms with Crippen LogP contribution in [0.5, 0.6) is 0 Å². The zero-order valence-corrected chi connectivity index (χ0v) is 14.4. The lowest BCUT2D eigenvalue weighted by molar-refractivity contribution is -0.116. The fourth-order valence-electron chi connectivity index (χ4n) is 2.35. The van der Waals surface area contributed by atoms with Crippen LogP contribution in [0.3, 0.4) is 0 Å². The lowest BCUT2D eigenvalue weighted by Gasteiger charge is -2.18. The molecule has 0 saturated carbocycles. The van der Waals surface area contributed by atoms with Crippen molar-refractivity contribution in [2.24, 2.45) is 0 Å². The van der Waals surface area contributed by atoms with Crippen LogP contribution in [0.4, 0.5) is 11.4 Å². The molecule has 1 amide bonds. The molecule has 0 saturated heterocycles. The van der Waals surface area contributed by atoms with Gasteiger partial charge in [0.2, 0.25) is 5.91 Å². The Morgan fingerprint density at radius 1 is 1.05 bits per heavy atom. The smallest absolute Gasteiger partial charge is 0.224 e. The molecule has 2 N–H and O–H groups in total. The normalized spacial score (nSPS) is 13.5. The molecule has 0 aromatic heterocycles. The van der Waals surface area contributed by atoms with E-state index in [9.17, 15) is 4.79 Å². The monoisotopic (exact) mass is 408 g/mol. The number of carbonyl (C=O) groups is 1. The molecule has 0 aliphatic carbocycles. The molecule has 21 heavy (non-hydrogen) atoms. The number of anilines is 2. The second-order valence-electron chi connectivity index (χ2n) is 5.02. The van der Waals surface area contributed by atoms with Gasteiger partial charge in [0, 0.05) is 33.3 Å². The number of nitrogens with one attached hydrogen (secondary N) is 2. The van der Waals surface area contributed by atoms with E-state index in [1.54, 1.807) is 0 Å². The third-order valence-corrected chi connectivity index (χ3v) is 5.36. The molecule has 1 heterocycles.